The Kier molecular flexibility index (Phi) is 6.32. The molecule has 1 saturated heterocycles. The zero-order valence-electron chi connectivity index (χ0n) is 11.6. The van der Waals surface area contributed by atoms with E-state index in [1.54, 1.807) is 6.92 Å². The highest BCUT2D eigenvalue weighted by molar-refractivity contribution is 5.91. The predicted octanol–water partition coefficient (Wildman–Crippen LogP) is 1.93. The van der Waals surface area contributed by atoms with Crippen LogP contribution >= 0.6 is 0 Å². The summed E-state index contributed by atoms with van der Waals surface area (Å²) in [7, 11) is 0. The van der Waals surface area contributed by atoms with Crippen molar-refractivity contribution in [1.29, 1.82) is 0 Å². The molecule has 0 aromatic heterocycles. The number of primary amides is 1. The van der Waals surface area contributed by atoms with Crippen molar-refractivity contribution in [3.8, 4) is 0 Å². The summed E-state index contributed by atoms with van der Waals surface area (Å²) in [6, 6.07) is -0.722. The van der Waals surface area contributed by atoms with E-state index in [0.29, 0.717) is 12.1 Å². The Labute approximate surface area is 113 Å². The smallest absolute Gasteiger partial charge is 0.332 e. The topological polar surface area (TPSA) is 93.8 Å². The largest absolute Gasteiger partial charge is 0.456 e. The van der Waals surface area contributed by atoms with E-state index in [1.807, 2.05) is 0 Å². The van der Waals surface area contributed by atoms with Crippen molar-refractivity contribution in [2.45, 2.75) is 58.5 Å². The van der Waals surface area contributed by atoms with Crippen LogP contribution in [0.3, 0.4) is 0 Å². The first-order valence-electron chi connectivity index (χ1n) is 6.84. The number of carbonyl (C=O) groups is 2. The molecule has 2 amide bonds. The second kappa shape index (κ2) is 7.76. The number of hydrazone groups is 1. The van der Waals surface area contributed by atoms with Gasteiger partial charge in [-0.25, -0.2) is 10.2 Å². The van der Waals surface area contributed by atoms with Crippen molar-refractivity contribution >= 4 is 17.7 Å². The number of amides is 2. The Hall–Kier alpha value is -1.59. The quantitative estimate of drug-likeness (QED) is 0.320. The molecule has 6 heteroatoms. The van der Waals surface area contributed by atoms with Crippen LogP contribution in [0.15, 0.2) is 5.10 Å². The lowest BCUT2D eigenvalue weighted by atomic mass is 9.96. The molecule has 3 N–H and O–H groups in total. The van der Waals surface area contributed by atoms with Gasteiger partial charge in [-0.1, -0.05) is 32.6 Å². The molecule has 1 aliphatic heterocycles. The molecular weight excluding hydrogens is 246 g/mol. The summed E-state index contributed by atoms with van der Waals surface area (Å²) in [5, 5.41) is 3.80. The Morgan fingerprint density at radius 1 is 1.47 bits per heavy atom. The molecule has 0 aromatic rings. The maximum atomic E-state index is 11.7. The number of esters is 1. The van der Waals surface area contributed by atoms with E-state index in [9.17, 15) is 9.59 Å². The van der Waals surface area contributed by atoms with Crippen molar-refractivity contribution in [1.82, 2.24) is 5.43 Å². The molecule has 1 heterocycles. The number of nitrogens with one attached hydrogen (secondary N) is 1. The summed E-state index contributed by atoms with van der Waals surface area (Å²) in [4.78, 5) is 22.2. The molecule has 1 aliphatic rings. The van der Waals surface area contributed by atoms with E-state index in [1.165, 1.54) is 12.8 Å². The summed E-state index contributed by atoms with van der Waals surface area (Å²) in [6.45, 7) is 3.87. The molecule has 0 aromatic carbocycles. The Balaban J connectivity index is 2.39. The Bertz CT molecular complexity index is 355. The van der Waals surface area contributed by atoms with Crippen LogP contribution in [0.25, 0.3) is 0 Å². The minimum absolute atomic E-state index is 0.0411. The van der Waals surface area contributed by atoms with Crippen LogP contribution in [0.4, 0.5) is 4.79 Å². The summed E-state index contributed by atoms with van der Waals surface area (Å²) >= 11 is 0. The standard InChI is InChI=1S/C13H23N3O3/c1-3-4-5-6-7-10-8-11(19-12(10)17)9(2)15-16-13(14)18/h10-11H,3-8H2,1-2H3,(H3,14,16,18)/b15-9+/t10-,11+/m0/s1. The van der Waals surface area contributed by atoms with Gasteiger partial charge in [0.25, 0.3) is 0 Å². The lowest BCUT2D eigenvalue weighted by Crippen LogP contribution is -2.28. The molecule has 19 heavy (non-hydrogen) atoms. The Morgan fingerprint density at radius 3 is 2.84 bits per heavy atom. The summed E-state index contributed by atoms with van der Waals surface area (Å²) in [5.41, 5.74) is 7.64. The van der Waals surface area contributed by atoms with Crippen molar-refractivity contribution in [3.63, 3.8) is 0 Å². The van der Waals surface area contributed by atoms with E-state index in [0.717, 1.165) is 19.3 Å². The van der Waals surface area contributed by atoms with Gasteiger partial charge in [-0.2, -0.15) is 5.10 Å². The van der Waals surface area contributed by atoms with Crippen LogP contribution in [-0.4, -0.2) is 23.8 Å². The summed E-state index contributed by atoms with van der Waals surface area (Å²) in [6.07, 6.45) is 5.76. The zero-order valence-corrected chi connectivity index (χ0v) is 11.6. The molecule has 1 rings (SSSR count). The van der Waals surface area contributed by atoms with E-state index in [2.05, 4.69) is 17.5 Å². The lowest BCUT2D eigenvalue weighted by Gasteiger charge is -2.07. The molecule has 1 fully saturated rings. The number of nitrogens with two attached hydrogens (primary N) is 1. The molecule has 108 valence electrons. The van der Waals surface area contributed by atoms with Crippen molar-refractivity contribution in [2.24, 2.45) is 16.8 Å². The van der Waals surface area contributed by atoms with E-state index in [4.69, 9.17) is 10.5 Å². The normalized spacial score (nSPS) is 23.3. The minimum Gasteiger partial charge on any atom is -0.456 e. The van der Waals surface area contributed by atoms with Crippen LogP contribution in [0, 0.1) is 5.92 Å². The van der Waals surface area contributed by atoms with Gasteiger partial charge >= 0.3 is 12.0 Å². The van der Waals surface area contributed by atoms with Gasteiger partial charge in [0.2, 0.25) is 0 Å². The van der Waals surface area contributed by atoms with E-state index >= 15 is 0 Å². The number of carbonyl (C=O) groups excluding carboxylic acids is 2. The molecule has 0 bridgehead atoms. The third-order valence-corrected chi connectivity index (χ3v) is 3.30. The first-order valence-corrected chi connectivity index (χ1v) is 6.84. The maximum Gasteiger partial charge on any atom is 0.332 e. The molecule has 0 aliphatic carbocycles. The van der Waals surface area contributed by atoms with Crippen LogP contribution in [0.2, 0.25) is 0 Å². The maximum absolute atomic E-state index is 11.7. The van der Waals surface area contributed by atoms with Crippen molar-refractivity contribution in [2.75, 3.05) is 0 Å². The van der Waals surface area contributed by atoms with Crippen molar-refractivity contribution < 1.29 is 14.3 Å². The van der Waals surface area contributed by atoms with E-state index < -0.39 is 6.03 Å². The fourth-order valence-electron chi connectivity index (χ4n) is 2.16. The molecule has 0 radical (unpaired) electrons. The average molecular weight is 269 g/mol. The molecule has 6 nitrogen and oxygen atoms in total. The second-order valence-electron chi connectivity index (χ2n) is 4.94. The van der Waals surface area contributed by atoms with Gasteiger partial charge < -0.3 is 10.5 Å². The monoisotopic (exact) mass is 269 g/mol. The number of rotatable bonds is 7. The number of unbranched alkanes of at least 4 members (excludes halogenated alkanes) is 3. The SMILES string of the molecule is CCCCCC[C@H]1C[C@H](/C(C)=N/NC(N)=O)OC1=O. The van der Waals surface area contributed by atoms with Crippen LogP contribution < -0.4 is 11.2 Å². The van der Waals surface area contributed by atoms with Crippen LogP contribution in [-0.2, 0) is 9.53 Å². The van der Waals surface area contributed by atoms with Gasteiger partial charge in [-0.3, -0.25) is 4.79 Å². The van der Waals surface area contributed by atoms with Gasteiger partial charge in [0.1, 0.15) is 6.10 Å². The van der Waals surface area contributed by atoms with Gasteiger partial charge in [-0.15, -0.1) is 0 Å². The number of nitrogens with zero attached hydrogens (tertiary/aromatic N) is 1. The van der Waals surface area contributed by atoms with Gasteiger partial charge in [-0.05, 0) is 13.3 Å². The number of urea groups is 1. The highest BCUT2D eigenvalue weighted by Gasteiger charge is 2.35. The van der Waals surface area contributed by atoms with Crippen molar-refractivity contribution in [3.05, 3.63) is 0 Å². The van der Waals surface area contributed by atoms with E-state index in [-0.39, 0.29) is 18.0 Å². The second-order valence-corrected chi connectivity index (χ2v) is 4.94. The predicted molar refractivity (Wildman–Crippen MR) is 72.6 cm³/mol. The first kappa shape index (κ1) is 15.5. The summed E-state index contributed by atoms with van der Waals surface area (Å²) < 4.78 is 5.26. The fraction of sp³-hybridized carbons (Fsp3) is 0.769. The van der Waals surface area contributed by atoms with Crippen LogP contribution in [0.1, 0.15) is 52.4 Å². The molecule has 2 atom stereocenters. The zero-order chi connectivity index (χ0) is 14.3. The number of hydrogen-bond donors (Lipinski definition) is 2. The third kappa shape index (κ3) is 5.28. The summed E-state index contributed by atoms with van der Waals surface area (Å²) in [5.74, 6) is -0.198. The number of ether oxygens (including phenoxy) is 1. The highest BCUT2D eigenvalue weighted by atomic mass is 16.6. The molecular formula is C13H23N3O3. The molecule has 0 spiro atoms. The first-order chi connectivity index (χ1) is 9.04. The average Bonchev–Trinajstić information content (AvgIpc) is 2.73. The minimum atomic E-state index is -0.722. The third-order valence-electron chi connectivity index (χ3n) is 3.30. The molecule has 0 unspecified atom stereocenters. The fourth-order valence-corrected chi connectivity index (χ4v) is 2.16. The number of hydrogen-bond acceptors (Lipinski definition) is 4. The lowest BCUT2D eigenvalue weighted by molar-refractivity contribution is -0.142. The molecule has 0 saturated carbocycles. The van der Waals surface area contributed by atoms with Crippen LogP contribution in [0.5, 0.6) is 0 Å². The highest BCUT2D eigenvalue weighted by Crippen LogP contribution is 2.27. The number of cyclic esters (lactones) is 1. The van der Waals surface area contributed by atoms with Gasteiger partial charge in [0, 0.05) is 6.42 Å². The van der Waals surface area contributed by atoms with Gasteiger partial charge in [0.05, 0.1) is 11.6 Å². The Morgan fingerprint density at radius 2 is 2.21 bits per heavy atom. The van der Waals surface area contributed by atoms with Gasteiger partial charge in [0.15, 0.2) is 0 Å².